The molecule has 1 aromatic rings. The van der Waals surface area contributed by atoms with E-state index in [-0.39, 0.29) is 0 Å². The first kappa shape index (κ1) is 12.5. The van der Waals surface area contributed by atoms with E-state index in [0.717, 1.165) is 19.3 Å². The summed E-state index contributed by atoms with van der Waals surface area (Å²) < 4.78 is 5.50. The van der Waals surface area contributed by atoms with Crippen molar-refractivity contribution in [3.63, 3.8) is 0 Å². The first-order valence-corrected chi connectivity index (χ1v) is 5.47. The van der Waals surface area contributed by atoms with Crippen LogP contribution in [0.4, 0.5) is 0 Å². The van der Waals surface area contributed by atoms with Crippen LogP contribution in [-0.2, 0) is 0 Å². The van der Waals surface area contributed by atoms with E-state index in [0.29, 0.717) is 24.5 Å². The molecule has 0 spiro atoms. The van der Waals surface area contributed by atoms with E-state index >= 15 is 0 Å². The fourth-order valence-electron chi connectivity index (χ4n) is 1.40. The third-order valence-electron chi connectivity index (χ3n) is 2.26. The van der Waals surface area contributed by atoms with Crippen molar-refractivity contribution in [2.75, 3.05) is 13.2 Å². The summed E-state index contributed by atoms with van der Waals surface area (Å²) in [5.41, 5.74) is 11.0. The summed E-state index contributed by atoms with van der Waals surface area (Å²) in [5.74, 6) is 0.0975. The van der Waals surface area contributed by atoms with Gasteiger partial charge in [0.05, 0.1) is 12.2 Å². The number of amides is 1. The summed E-state index contributed by atoms with van der Waals surface area (Å²) in [6.07, 6.45) is 2.97. The van der Waals surface area contributed by atoms with Crippen LogP contribution in [0.2, 0.25) is 0 Å². The van der Waals surface area contributed by atoms with Crippen molar-refractivity contribution in [3.8, 4) is 5.75 Å². The number of carbonyl (C=O) groups excluding carboxylic acids is 1. The van der Waals surface area contributed by atoms with Gasteiger partial charge in [-0.1, -0.05) is 12.1 Å². The molecule has 0 unspecified atom stereocenters. The Kier molecular flexibility index (Phi) is 5.36. The van der Waals surface area contributed by atoms with Crippen molar-refractivity contribution in [2.24, 2.45) is 11.5 Å². The monoisotopic (exact) mass is 222 g/mol. The molecule has 0 heterocycles. The molecule has 1 aromatic carbocycles. The lowest BCUT2D eigenvalue weighted by atomic mass is 10.2. The Balaban J connectivity index is 2.44. The largest absolute Gasteiger partial charge is 0.493 e. The second-order valence-electron chi connectivity index (χ2n) is 3.56. The van der Waals surface area contributed by atoms with Gasteiger partial charge in [0.25, 0.3) is 5.91 Å². The maximum absolute atomic E-state index is 11.1. The number of hydrogen-bond donors (Lipinski definition) is 2. The SMILES string of the molecule is NCCCCCOc1ccccc1C(N)=O. The van der Waals surface area contributed by atoms with Crippen LogP contribution < -0.4 is 16.2 Å². The molecule has 88 valence electrons. The zero-order valence-corrected chi connectivity index (χ0v) is 9.32. The zero-order chi connectivity index (χ0) is 11.8. The first-order chi connectivity index (χ1) is 7.75. The molecule has 0 saturated carbocycles. The molecule has 1 amide bonds. The molecule has 0 aliphatic carbocycles. The number of nitrogens with two attached hydrogens (primary N) is 2. The van der Waals surface area contributed by atoms with Gasteiger partial charge in [-0.25, -0.2) is 0 Å². The molecule has 1 rings (SSSR count). The standard InChI is InChI=1S/C12H18N2O2/c13-8-4-1-5-9-16-11-7-3-2-6-10(11)12(14)15/h2-3,6-7H,1,4-5,8-9,13H2,(H2,14,15). The smallest absolute Gasteiger partial charge is 0.252 e. The molecule has 0 fully saturated rings. The Morgan fingerprint density at radius 2 is 1.94 bits per heavy atom. The van der Waals surface area contributed by atoms with Gasteiger partial charge < -0.3 is 16.2 Å². The maximum Gasteiger partial charge on any atom is 0.252 e. The van der Waals surface area contributed by atoms with E-state index in [1.54, 1.807) is 18.2 Å². The predicted molar refractivity (Wildman–Crippen MR) is 63.4 cm³/mol. The van der Waals surface area contributed by atoms with Crippen LogP contribution in [0, 0.1) is 0 Å². The Bertz CT molecular complexity index is 340. The highest BCUT2D eigenvalue weighted by molar-refractivity contribution is 5.95. The second kappa shape index (κ2) is 6.85. The van der Waals surface area contributed by atoms with Gasteiger partial charge in [0.2, 0.25) is 0 Å². The van der Waals surface area contributed by atoms with Gasteiger partial charge in [0, 0.05) is 0 Å². The minimum Gasteiger partial charge on any atom is -0.493 e. The molecular weight excluding hydrogens is 204 g/mol. The van der Waals surface area contributed by atoms with Gasteiger partial charge in [-0.15, -0.1) is 0 Å². The molecule has 4 heteroatoms. The van der Waals surface area contributed by atoms with E-state index in [9.17, 15) is 4.79 Å². The number of unbranched alkanes of at least 4 members (excludes halogenated alkanes) is 2. The minimum absolute atomic E-state index is 0.432. The molecule has 0 bridgehead atoms. The van der Waals surface area contributed by atoms with E-state index < -0.39 is 5.91 Å². The zero-order valence-electron chi connectivity index (χ0n) is 9.32. The van der Waals surface area contributed by atoms with Gasteiger partial charge in [0.15, 0.2) is 0 Å². The van der Waals surface area contributed by atoms with Crippen LogP contribution in [0.3, 0.4) is 0 Å². The van der Waals surface area contributed by atoms with E-state index in [4.69, 9.17) is 16.2 Å². The lowest BCUT2D eigenvalue weighted by Gasteiger charge is -2.08. The molecule has 0 aliphatic rings. The van der Waals surface area contributed by atoms with Crippen LogP contribution in [0.25, 0.3) is 0 Å². The molecule has 0 aliphatic heterocycles. The molecule has 0 saturated heterocycles. The van der Waals surface area contributed by atoms with Crippen LogP contribution >= 0.6 is 0 Å². The highest BCUT2D eigenvalue weighted by atomic mass is 16.5. The third kappa shape index (κ3) is 3.90. The number of benzene rings is 1. The quantitative estimate of drug-likeness (QED) is 0.682. The summed E-state index contributed by atoms with van der Waals surface area (Å²) >= 11 is 0. The molecule has 0 radical (unpaired) electrons. The van der Waals surface area contributed by atoms with Crippen molar-refractivity contribution in [1.29, 1.82) is 0 Å². The summed E-state index contributed by atoms with van der Waals surface area (Å²) in [4.78, 5) is 11.1. The van der Waals surface area contributed by atoms with Gasteiger partial charge in [-0.05, 0) is 37.9 Å². The first-order valence-electron chi connectivity index (χ1n) is 5.47. The van der Waals surface area contributed by atoms with E-state index in [2.05, 4.69) is 0 Å². The highest BCUT2D eigenvalue weighted by Gasteiger charge is 2.07. The topological polar surface area (TPSA) is 78.3 Å². The summed E-state index contributed by atoms with van der Waals surface area (Å²) in [5, 5.41) is 0. The van der Waals surface area contributed by atoms with Gasteiger partial charge in [-0.3, -0.25) is 4.79 Å². The fraction of sp³-hybridized carbons (Fsp3) is 0.417. The molecule has 16 heavy (non-hydrogen) atoms. The summed E-state index contributed by atoms with van der Waals surface area (Å²) in [7, 11) is 0. The number of ether oxygens (including phenoxy) is 1. The van der Waals surface area contributed by atoms with Gasteiger partial charge in [0.1, 0.15) is 5.75 Å². The fourth-order valence-corrected chi connectivity index (χ4v) is 1.40. The molecule has 0 atom stereocenters. The Hall–Kier alpha value is -1.55. The van der Waals surface area contributed by atoms with Crippen LogP contribution in [0.5, 0.6) is 5.75 Å². The van der Waals surface area contributed by atoms with Crippen molar-refractivity contribution >= 4 is 5.91 Å². The normalized spacial score (nSPS) is 10.1. The van der Waals surface area contributed by atoms with Crippen molar-refractivity contribution in [3.05, 3.63) is 29.8 Å². The second-order valence-corrected chi connectivity index (χ2v) is 3.56. The number of rotatable bonds is 7. The average Bonchev–Trinajstić information content (AvgIpc) is 2.29. The number of hydrogen-bond acceptors (Lipinski definition) is 3. The van der Waals surface area contributed by atoms with Crippen molar-refractivity contribution < 1.29 is 9.53 Å². The number of carbonyl (C=O) groups is 1. The van der Waals surface area contributed by atoms with Crippen LogP contribution in [0.15, 0.2) is 24.3 Å². The van der Waals surface area contributed by atoms with Crippen LogP contribution in [0.1, 0.15) is 29.6 Å². The predicted octanol–water partition coefficient (Wildman–Crippen LogP) is 1.29. The van der Waals surface area contributed by atoms with Crippen LogP contribution in [-0.4, -0.2) is 19.1 Å². The number of para-hydroxylation sites is 1. The lowest BCUT2D eigenvalue weighted by Crippen LogP contribution is -2.13. The van der Waals surface area contributed by atoms with Crippen molar-refractivity contribution in [1.82, 2.24) is 0 Å². The average molecular weight is 222 g/mol. The Morgan fingerprint density at radius 3 is 2.62 bits per heavy atom. The summed E-state index contributed by atoms with van der Waals surface area (Å²) in [6.45, 7) is 1.29. The molecular formula is C12H18N2O2. The Labute approximate surface area is 95.6 Å². The third-order valence-corrected chi connectivity index (χ3v) is 2.26. The van der Waals surface area contributed by atoms with E-state index in [1.165, 1.54) is 0 Å². The van der Waals surface area contributed by atoms with Gasteiger partial charge >= 0.3 is 0 Å². The molecule has 4 nitrogen and oxygen atoms in total. The molecule has 0 aromatic heterocycles. The van der Waals surface area contributed by atoms with Gasteiger partial charge in [-0.2, -0.15) is 0 Å². The maximum atomic E-state index is 11.1. The van der Waals surface area contributed by atoms with Crippen molar-refractivity contribution in [2.45, 2.75) is 19.3 Å². The van der Waals surface area contributed by atoms with E-state index in [1.807, 2.05) is 6.07 Å². The lowest BCUT2D eigenvalue weighted by molar-refractivity contribution is 0.0996. The summed E-state index contributed by atoms with van der Waals surface area (Å²) in [6, 6.07) is 7.00. The Morgan fingerprint density at radius 1 is 1.19 bits per heavy atom. The minimum atomic E-state index is -0.461. The highest BCUT2D eigenvalue weighted by Crippen LogP contribution is 2.17. The molecule has 4 N–H and O–H groups in total. The number of primary amides is 1.